The second kappa shape index (κ2) is 10.00. The minimum atomic E-state index is -0.652. The van der Waals surface area contributed by atoms with E-state index in [1.165, 1.54) is 11.3 Å². The van der Waals surface area contributed by atoms with Crippen LogP contribution in [-0.4, -0.2) is 63.4 Å². The lowest BCUT2D eigenvalue weighted by molar-refractivity contribution is -0.0564. The molecule has 9 heteroatoms. The third kappa shape index (κ3) is 6.60. The van der Waals surface area contributed by atoms with Gasteiger partial charge in [0, 0.05) is 6.54 Å². The number of H-pyrrole nitrogens is 1. The number of aryl methyl sites for hydroxylation is 1. The van der Waals surface area contributed by atoms with Gasteiger partial charge in [-0.15, -0.1) is 11.3 Å². The summed E-state index contributed by atoms with van der Waals surface area (Å²) >= 11 is 1.17. The van der Waals surface area contributed by atoms with Crippen molar-refractivity contribution >= 4 is 27.5 Å². The number of carbonyl (C=O) groups excluding carboxylic acids is 1. The molecule has 0 spiro atoms. The van der Waals surface area contributed by atoms with E-state index in [9.17, 15) is 14.7 Å². The Morgan fingerprint density at radius 2 is 2.00 bits per heavy atom. The fraction of sp³-hybridized carbons (Fsp3) is 0.667. The van der Waals surface area contributed by atoms with Crippen molar-refractivity contribution in [2.24, 2.45) is 0 Å². The second-order valence-electron chi connectivity index (χ2n) is 8.61. The largest absolute Gasteiger partial charge is 0.459 e. The van der Waals surface area contributed by atoms with Crippen LogP contribution in [0.3, 0.4) is 0 Å². The van der Waals surface area contributed by atoms with Crippen molar-refractivity contribution in [1.82, 2.24) is 14.9 Å². The van der Waals surface area contributed by atoms with E-state index < -0.39 is 12.1 Å². The molecule has 0 fully saturated rings. The lowest BCUT2D eigenvalue weighted by Gasteiger charge is -2.26. The Morgan fingerprint density at radius 3 is 2.57 bits per heavy atom. The number of carbonyl (C=O) groups is 1. The number of nitrogens with one attached hydrogen (secondary N) is 1. The quantitative estimate of drug-likeness (QED) is 0.579. The number of esters is 1. The molecule has 0 bridgehead atoms. The van der Waals surface area contributed by atoms with Gasteiger partial charge in [0.05, 0.1) is 36.3 Å². The first-order chi connectivity index (χ1) is 13.9. The summed E-state index contributed by atoms with van der Waals surface area (Å²) in [5.41, 5.74) is -0.00975. The highest BCUT2D eigenvalue weighted by Gasteiger charge is 2.22. The van der Waals surface area contributed by atoms with Crippen LogP contribution in [0, 0.1) is 6.92 Å². The molecule has 2 heterocycles. The Labute approximate surface area is 181 Å². The first-order valence-corrected chi connectivity index (χ1v) is 11.0. The van der Waals surface area contributed by atoms with E-state index in [2.05, 4.69) is 9.97 Å². The number of aliphatic hydroxyl groups is 1. The van der Waals surface area contributed by atoms with E-state index in [0.717, 1.165) is 0 Å². The molecule has 30 heavy (non-hydrogen) atoms. The Hall–Kier alpha value is -1.81. The van der Waals surface area contributed by atoms with Gasteiger partial charge < -0.3 is 19.6 Å². The van der Waals surface area contributed by atoms with Crippen LogP contribution in [0.2, 0.25) is 0 Å². The lowest BCUT2D eigenvalue weighted by atomic mass is 10.2. The Bertz CT molecular complexity index is 929. The molecular formula is C21H33N3O5S. The molecule has 168 valence electrons. The number of hydrogen-bond donors (Lipinski definition) is 2. The number of aromatic nitrogens is 2. The summed E-state index contributed by atoms with van der Waals surface area (Å²) < 4.78 is 10.9. The molecule has 0 aliphatic rings. The van der Waals surface area contributed by atoms with E-state index in [1.807, 2.05) is 32.6 Å². The van der Waals surface area contributed by atoms with Crippen molar-refractivity contribution in [3.05, 3.63) is 26.6 Å². The maximum atomic E-state index is 12.7. The van der Waals surface area contributed by atoms with Gasteiger partial charge in [-0.05, 0) is 53.7 Å². The first-order valence-electron chi connectivity index (χ1n) is 10.2. The summed E-state index contributed by atoms with van der Waals surface area (Å²) in [5.74, 6) is 0.0481. The highest BCUT2D eigenvalue weighted by atomic mass is 32.1. The van der Waals surface area contributed by atoms with Crippen molar-refractivity contribution < 1.29 is 19.4 Å². The van der Waals surface area contributed by atoms with Gasteiger partial charge in [0.1, 0.15) is 15.5 Å². The maximum absolute atomic E-state index is 12.7. The number of likely N-dealkylation sites (N-methyl/N-ethyl adjacent to an activating group) is 1. The molecule has 2 aromatic rings. The number of hydrogen-bond acceptors (Lipinski definition) is 8. The van der Waals surface area contributed by atoms with E-state index in [4.69, 9.17) is 9.47 Å². The summed E-state index contributed by atoms with van der Waals surface area (Å²) in [4.78, 5) is 35.2. The minimum absolute atomic E-state index is 0.231. The zero-order chi connectivity index (χ0) is 22.6. The fourth-order valence-corrected chi connectivity index (χ4v) is 4.02. The fourth-order valence-electron chi connectivity index (χ4n) is 2.94. The van der Waals surface area contributed by atoms with Crippen molar-refractivity contribution in [3.63, 3.8) is 0 Å². The van der Waals surface area contributed by atoms with Gasteiger partial charge in [0.25, 0.3) is 5.56 Å². The van der Waals surface area contributed by atoms with Crippen molar-refractivity contribution in [1.29, 1.82) is 0 Å². The highest BCUT2D eigenvalue weighted by Crippen LogP contribution is 2.28. The van der Waals surface area contributed by atoms with Crippen molar-refractivity contribution in [3.8, 4) is 0 Å². The minimum Gasteiger partial charge on any atom is -0.459 e. The molecule has 0 saturated heterocycles. The molecule has 1 atom stereocenters. The summed E-state index contributed by atoms with van der Waals surface area (Å²) in [5, 5.41) is 10.7. The number of fused-ring (bicyclic) bond motifs is 1. The number of nitrogens with zero attached hydrogens (tertiary/aromatic N) is 2. The van der Waals surface area contributed by atoms with Crippen LogP contribution in [0.1, 0.15) is 62.6 Å². The second-order valence-corrected chi connectivity index (χ2v) is 9.61. The van der Waals surface area contributed by atoms with Crippen LogP contribution >= 0.6 is 11.3 Å². The Kier molecular flexibility index (Phi) is 8.15. The number of thiophene rings is 1. The number of aliphatic hydroxyl groups excluding tert-OH is 1. The Morgan fingerprint density at radius 1 is 1.33 bits per heavy atom. The van der Waals surface area contributed by atoms with E-state index in [0.29, 0.717) is 46.1 Å². The van der Waals surface area contributed by atoms with Crippen LogP contribution in [-0.2, 0) is 16.0 Å². The standard InChI is InChI=1S/C21H33N3O5S/c1-8-24(9-14(25)11-28-21(5,6)7)10-15-22-18(26)16-13(4)17(30-19(16)23-15)20(27)29-12(2)3/h12,14,25H,8-11H2,1-7H3,(H,22,23,26)/t14-/m0/s1. The molecule has 0 radical (unpaired) electrons. The van der Waals surface area contributed by atoms with Crippen LogP contribution in [0.15, 0.2) is 4.79 Å². The third-order valence-electron chi connectivity index (χ3n) is 4.38. The topological polar surface area (TPSA) is 105 Å². The molecule has 0 aliphatic carbocycles. The predicted octanol–water partition coefficient (Wildman–Crippen LogP) is 2.86. The molecule has 2 rings (SSSR count). The summed E-state index contributed by atoms with van der Waals surface area (Å²) in [6, 6.07) is 0. The molecule has 2 aromatic heterocycles. The smallest absolute Gasteiger partial charge is 0.348 e. The van der Waals surface area contributed by atoms with Crippen LogP contribution in [0.5, 0.6) is 0 Å². The van der Waals surface area contributed by atoms with Gasteiger partial charge in [0.2, 0.25) is 0 Å². The monoisotopic (exact) mass is 439 g/mol. The summed E-state index contributed by atoms with van der Waals surface area (Å²) in [6.45, 7) is 14.8. The molecule has 0 aliphatic heterocycles. The number of rotatable bonds is 9. The van der Waals surface area contributed by atoms with Crippen LogP contribution in [0.4, 0.5) is 0 Å². The van der Waals surface area contributed by atoms with Crippen LogP contribution < -0.4 is 5.56 Å². The summed E-state index contributed by atoms with van der Waals surface area (Å²) in [7, 11) is 0. The Balaban J connectivity index is 2.19. The molecule has 0 unspecified atom stereocenters. The molecule has 8 nitrogen and oxygen atoms in total. The van der Waals surface area contributed by atoms with Gasteiger partial charge in [0.15, 0.2) is 0 Å². The van der Waals surface area contributed by atoms with Crippen LogP contribution in [0.25, 0.3) is 10.2 Å². The molecular weight excluding hydrogens is 406 g/mol. The molecule has 2 N–H and O–H groups in total. The zero-order valence-corrected chi connectivity index (χ0v) is 19.7. The molecule has 0 saturated carbocycles. The molecule has 0 aromatic carbocycles. The van der Waals surface area contributed by atoms with E-state index >= 15 is 0 Å². The van der Waals surface area contributed by atoms with Gasteiger partial charge >= 0.3 is 5.97 Å². The van der Waals surface area contributed by atoms with Crippen molar-refractivity contribution in [2.75, 3.05) is 19.7 Å². The predicted molar refractivity (Wildman–Crippen MR) is 118 cm³/mol. The van der Waals surface area contributed by atoms with Gasteiger partial charge in [-0.3, -0.25) is 9.69 Å². The van der Waals surface area contributed by atoms with Gasteiger partial charge in [-0.25, -0.2) is 9.78 Å². The molecule has 0 amide bonds. The van der Waals surface area contributed by atoms with E-state index in [-0.39, 0.29) is 23.9 Å². The third-order valence-corrected chi connectivity index (χ3v) is 5.54. The lowest BCUT2D eigenvalue weighted by Crippen LogP contribution is -2.37. The summed E-state index contributed by atoms with van der Waals surface area (Å²) in [6.07, 6.45) is -0.892. The zero-order valence-electron chi connectivity index (χ0n) is 18.9. The normalized spacial score (nSPS) is 13.4. The number of ether oxygens (including phenoxy) is 2. The first kappa shape index (κ1) is 24.5. The highest BCUT2D eigenvalue weighted by molar-refractivity contribution is 7.20. The number of aromatic amines is 1. The van der Waals surface area contributed by atoms with Crippen molar-refractivity contribution in [2.45, 2.75) is 72.8 Å². The SMILES string of the molecule is CCN(Cc1nc2sc(C(=O)OC(C)C)c(C)c2c(=O)[nH]1)C[C@H](O)COC(C)(C)C. The average Bonchev–Trinajstić information content (AvgIpc) is 2.95. The maximum Gasteiger partial charge on any atom is 0.348 e. The average molecular weight is 440 g/mol. The van der Waals surface area contributed by atoms with Gasteiger partial charge in [-0.2, -0.15) is 0 Å². The van der Waals surface area contributed by atoms with Gasteiger partial charge in [-0.1, -0.05) is 6.92 Å². The van der Waals surface area contributed by atoms with E-state index in [1.54, 1.807) is 20.8 Å².